The van der Waals surface area contributed by atoms with Crippen LogP contribution >= 0.6 is 0 Å². The van der Waals surface area contributed by atoms with Gasteiger partial charge >= 0.3 is 7.12 Å². The van der Waals surface area contributed by atoms with Gasteiger partial charge in [-0.2, -0.15) is 10.2 Å². The lowest BCUT2D eigenvalue weighted by Gasteiger charge is -2.32. The van der Waals surface area contributed by atoms with Crippen LogP contribution in [0.1, 0.15) is 33.3 Å². The molecule has 1 aromatic heterocycles. The van der Waals surface area contributed by atoms with E-state index in [0.29, 0.717) is 0 Å². The maximum absolute atomic E-state index is 5.94. The molecule has 2 rings (SSSR count). The molecule has 5 heteroatoms. The normalized spacial score (nSPS) is 22.4. The van der Waals surface area contributed by atoms with Crippen molar-refractivity contribution in [3.8, 4) is 0 Å². The summed E-state index contributed by atoms with van der Waals surface area (Å²) in [5, 5.41) is 7.70. The van der Waals surface area contributed by atoms with Gasteiger partial charge in [0.05, 0.1) is 17.4 Å². The number of nitrogens with zero attached hydrogens (tertiary/aromatic N) is 2. The lowest BCUT2D eigenvalue weighted by molar-refractivity contribution is 0.00578. The molecule has 0 amide bonds. The van der Waals surface area contributed by atoms with E-state index in [1.165, 1.54) is 0 Å². The van der Waals surface area contributed by atoms with E-state index in [1.54, 1.807) is 12.4 Å². The van der Waals surface area contributed by atoms with Crippen molar-refractivity contribution in [2.24, 2.45) is 0 Å². The van der Waals surface area contributed by atoms with Gasteiger partial charge in [-0.15, -0.1) is 0 Å². The highest BCUT2D eigenvalue weighted by Crippen LogP contribution is 2.36. The average Bonchev–Trinajstić information content (AvgIpc) is 2.36. The van der Waals surface area contributed by atoms with Gasteiger partial charge in [0.25, 0.3) is 0 Å². The van der Waals surface area contributed by atoms with Crippen molar-refractivity contribution < 1.29 is 9.31 Å². The number of hydrogen-bond donors (Lipinski definition) is 0. The molecule has 1 fully saturated rings. The highest BCUT2D eigenvalue weighted by atomic mass is 16.7. The summed E-state index contributed by atoms with van der Waals surface area (Å²) in [5.74, 6) is 0. The van der Waals surface area contributed by atoms with E-state index in [4.69, 9.17) is 9.31 Å². The SMILES string of the molecule is Cc1cnncc1B1OC(C)(C)C(C)(C)O1. The standard InChI is InChI=1S/C11H17BN2O2/c1-8-6-13-14-7-9(8)12-15-10(2,3)11(4,5)16-12/h6-7H,1-5H3. The Kier molecular flexibility index (Phi) is 2.55. The van der Waals surface area contributed by atoms with Crippen molar-refractivity contribution in [1.29, 1.82) is 0 Å². The van der Waals surface area contributed by atoms with Crippen molar-refractivity contribution in [2.75, 3.05) is 0 Å². The molecule has 1 aliphatic rings. The largest absolute Gasteiger partial charge is 0.496 e. The Bertz CT molecular complexity index is 391. The molecule has 0 unspecified atom stereocenters. The van der Waals surface area contributed by atoms with E-state index in [1.807, 2.05) is 34.6 Å². The second kappa shape index (κ2) is 3.53. The zero-order valence-electron chi connectivity index (χ0n) is 10.4. The maximum atomic E-state index is 5.94. The third kappa shape index (κ3) is 1.74. The Hall–Kier alpha value is -0.935. The van der Waals surface area contributed by atoms with Crippen molar-refractivity contribution in [2.45, 2.75) is 45.8 Å². The molecule has 0 aromatic carbocycles. The Morgan fingerprint density at radius 2 is 1.50 bits per heavy atom. The lowest BCUT2D eigenvalue weighted by atomic mass is 9.78. The Balaban J connectivity index is 2.31. The topological polar surface area (TPSA) is 44.2 Å². The molecule has 0 saturated carbocycles. The molecule has 1 saturated heterocycles. The number of aromatic nitrogens is 2. The molecule has 0 atom stereocenters. The van der Waals surface area contributed by atoms with Gasteiger partial charge < -0.3 is 9.31 Å². The van der Waals surface area contributed by atoms with E-state index >= 15 is 0 Å². The summed E-state index contributed by atoms with van der Waals surface area (Å²) >= 11 is 0. The molecule has 2 heterocycles. The van der Waals surface area contributed by atoms with E-state index in [9.17, 15) is 0 Å². The van der Waals surface area contributed by atoms with E-state index in [-0.39, 0.29) is 18.3 Å². The monoisotopic (exact) mass is 220 g/mol. The van der Waals surface area contributed by atoms with Gasteiger partial charge in [0.1, 0.15) is 0 Å². The highest BCUT2D eigenvalue weighted by molar-refractivity contribution is 6.62. The first-order chi connectivity index (χ1) is 7.33. The van der Waals surface area contributed by atoms with Crippen molar-refractivity contribution in [3.63, 3.8) is 0 Å². The molecule has 0 aliphatic carbocycles. The number of rotatable bonds is 1. The quantitative estimate of drug-likeness (QED) is 0.664. The van der Waals surface area contributed by atoms with Crippen LogP contribution in [0.25, 0.3) is 0 Å². The fraction of sp³-hybridized carbons (Fsp3) is 0.636. The van der Waals surface area contributed by atoms with Crippen LogP contribution in [0, 0.1) is 6.92 Å². The Labute approximate surface area is 96.5 Å². The van der Waals surface area contributed by atoms with Crippen LogP contribution in [0.15, 0.2) is 12.4 Å². The first-order valence-corrected chi connectivity index (χ1v) is 5.46. The predicted molar refractivity (Wildman–Crippen MR) is 62.5 cm³/mol. The Morgan fingerprint density at radius 1 is 1.00 bits per heavy atom. The summed E-state index contributed by atoms with van der Waals surface area (Å²) in [4.78, 5) is 0. The molecule has 0 N–H and O–H groups in total. The van der Waals surface area contributed by atoms with E-state index in [0.717, 1.165) is 11.0 Å². The van der Waals surface area contributed by atoms with Crippen LogP contribution in [0.5, 0.6) is 0 Å². The van der Waals surface area contributed by atoms with Crippen LogP contribution in [0.4, 0.5) is 0 Å². The Morgan fingerprint density at radius 3 is 2.00 bits per heavy atom. The predicted octanol–water partition coefficient (Wildman–Crippen LogP) is 1.08. The zero-order chi connectivity index (χ0) is 12.0. The second-order valence-electron chi connectivity index (χ2n) is 5.22. The number of hydrogen-bond acceptors (Lipinski definition) is 4. The summed E-state index contributed by atoms with van der Waals surface area (Å²) in [6, 6.07) is 0. The summed E-state index contributed by atoms with van der Waals surface area (Å²) < 4.78 is 11.9. The molecule has 16 heavy (non-hydrogen) atoms. The van der Waals surface area contributed by atoms with Crippen molar-refractivity contribution >= 4 is 12.6 Å². The van der Waals surface area contributed by atoms with E-state index < -0.39 is 0 Å². The molecule has 4 nitrogen and oxygen atoms in total. The maximum Gasteiger partial charge on any atom is 0.496 e. The smallest absolute Gasteiger partial charge is 0.399 e. The summed E-state index contributed by atoms with van der Waals surface area (Å²) in [6.45, 7) is 10.1. The van der Waals surface area contributed by atoms with Crippen molar-refractivity contribution in [3.05, 3.63) is 18.0 Å². The molecule has 86 valence electrons. The summed E-state index contributed by atoms with van der Waals surface area (Å²) in [6.07, 6.45) is 3.43. The van der Waals surface area contributed by atoms with Crippen molar-refractivity contribution in [1.82, 2.24) is 10.2 Å². The fourth-order valence-corrected chi connectivity index (χ4v) is 1.61. The van der Waals surface area contributed by atoms with Gasteiger partial charge in [0, 0.05) is 11.7 Å². The minimum Gasteiger partial charge on any atom is -0.399 e. The van der Waals surface area contributed by atoms with Gasteiger partial charge in [-0.3, -0.25) is 0 Å². The minimum absolute atomic E-state index is 0.312. The van der Waals surface area contributed by atoms with Gasteiger partial charge in [0.15, 0.2) is 0 Å². The third-order valence-electron chi connectivity index (χ3n) is 3.48. The van der Waals surface area contributed by atoms with Crippen LogP contribution in [-0.4, -0.2) is 28.5 Å². The van der Waals surface area contributed by atoms with Crippen LogP contribution < -0.4 is 5.46 Å². The third-order valence-corrected chi connectivity index (χ3v) is 3.48. The van der Waals surface area contributed by atoms with Gasteiger partial charge in [-0.1, -0.05) is 0 Å². The van der Waals surface area contributed by atoms with Gasteiger partial charge in [-0.05, 0) is 40.2 Å². The molecule has 1 aliphatic heterocycles. The lowest BCUT2D eigenvalue weighted by Crippen LogP contribution is -2.41. The summed E-state index contributed by atoms with van der Waals surface area (Å²) in [7, 11) is -0.347. The second-order valence-corrected chi connectivity index (χ2v) is 5.22. The minimum atomic E-state index is -0.347. The summed E-state index contributed by atoms with van der Waals surface area (Å²) in [5.41, 5.74) is 1.36. The number of aryl methyl sites for hydroxylation is 1. The first kappa shape index (κ1) is 11.5. The van der Waals surface area contributed by atoms with Gasteiger partial charge in [0.2, 0.25) is 0 Å². The van der Waals surface area contributed by atoms with E-state index in [2.05, 4.69) is 10.2 Å². The molecule has 0 bridgehead atoms. The fourth-order valence-electron chi connectivity index (χ4n) is 1.61. The zero-order valence-corrected chi connectivity index (χ0v) is 10.4. The molecule has 0 radical (unpaired) electrons. The average molecular weight is 220 g/mol. The molecule has 0 spiro atoms. The van der Waals surface area contributed by atoms with Crippen LogP contribution in [0.2, 0.25) is 0 Å². The van der Waals surface area contributed by atoms with Crippen LogP contribution in [0.3, 0.4) is 0 Å². The van der Waals surface area contributed by atoms with Gasteiger partial charge in [-0.25, -0.2) is 0 Å². The highest BCUT2D eigenvalue weighted by Gasteiger charge is 2.52. The molecular weight excluding hydrogens is 203 g/mol. The first-order valence-electron chi connectivity index (χ1n) is 5.46. The molecular formula is C11H17BN2O2. The van der Waals surface area contributed by atoms with Crippen LogP contribution in [-0.2, 0) is 9.31 Å². The molecule has 1 aromatic rings.